The Bertz CT molecular complexity index is 789. The van der Waals surface area contributed by atoms with Crippen molar-refractivity contribution in [1.29, 1.82) is 0 Å². The van der Waals surface area contributed by atoms with Gasteiger partial charge in [-0.2, -0.15) is 5.10 Å². The highest BCUT2D eigenvalue weighted by Crippen LogP contribution is 2.17. The molecular formula is C16H19N5O. The number of fused-ring (bicyclic) bond motifs is 1. The van der Waals surface area contributed by atoms with Gasteiger partial charge in [0, 0.05) is 18.4 Å². The Balaban J connectivity index is 1.63. The largest absolute Gasteiger partial charge is 0.352 e. The normalized spacial score (nSPS) is 12.5. The van der Waals surface area contributed by atoms with Gasteiger partial charge in [-0.3, -0.25) is 9.48 Å². The van der Waals surface area contributed by atoms with Gasteiger partial charge < -0.3 is 9.88 Å². The molecule has 0 spiro atoms. The zero-order valence-electron chi connectivity index (χ0n) is 12.7. The lowest BCUT2D eigenvalue weighted by molar-refractivity contribution is -0.123. The van der Waals surface area contributed by atoms with E-state index in [-0.39, 0.29) is 11.9 Å². The molecule has 6 nitrogen and oxygen atoms in total. The maximum absolute atomic E-state index is 12.3. The summed E-state index contributed by atoms with van der Waals surface area (Å²) >= 11 is 0. The minimum Gasteiger partial charge on any atom is -0.352 e. The van der Waals surface area contributed by atoms with Gasteiger partial charge in [0.15, 0.2) is 0 Å². The van der Waals surface area contributed by atoms with Crippen molar-refractivity contribution in [1.82, 2.24) is 24.6 Å². The number of hydrogen-bond donors (Lipinski definition) is 1. The number of hydrogen-bond acceptors (Lipinski definition) is 3. The fraction of sp³-hybridized carbons (Fsp3) is 0.312. The second-order valence-corrected chi connectivity index (χ2v) is 5.30. The molecule has 0 saturated carbocycles. The van der Waals surface area contributed by atoms with Crippen molar-refractivity contribution in [3.8, 4) is 0 Å². The first kappa shape index (κ1) is 14.3. The third-order valence-electron chi connectivity index (χ3n) is 3.83. The summed E-state index contributed by atoms with van der Waals surface area (Å²) in [6.45, 7) is 5.10. The van der Waals surface area contributed by atoms with Gasteiger partial charge in [0.05, 0.1) is 23.9 Å². The zero-order valence-corrected chi connectivity index (χ0v) is 12.7. The Labute approximate surface area is 128 Å². The molecule has 0 fully saturated rings. The molecule has 2 heterocycles. The number of rotatable bonds is 5. The SMILES string of the molecule is Cc1ccnn1CCNC(=O)C(C)n1cnc2ccccc21. The maximum Gasteiger partial charge on any atom is 0.242 e. The van der Waals surface area contributed by atoms with E-state index in [1.807, 2.05) is 53.4 Å². The van der Waals surface area contributed by atoms with E-state index >= 15 is 0 Å². The summed E-state index contributed by atoms with van der Waals surface area (Å²) < 4.78 is 3.77. The number of carbonyl (C=O) groups is 1. The summed E-state index contributed by atoms with van der Waals surface area (Å²) in [5, 5.41) is 7.15. The van der Waals surface area contributed by atoms with E-state index in [1.165, 1.54) is 0 Å². The van der Waals surface area contributed by atoms with E-state index in [2.05, 4.69) is 15.4 Å². The molecule has 1 N–H and O–H groups in total. The molecule has 22 heavy (non-hydrogen) atoms. The van der Waals surface area contributed by atoms with Crippen molar-refractivity contribution in [2.24, 2.45) is 0 Å². The number of aromatic nitrogens is 4. The van der Waals surface area contributed by atoms with Crippen molar-refractivity contribution in [3.63, 3.8) is 0 Å². The van der Waals surface area contributed by atoms with Gasteiger partial charge in [-0.1, -0.05) is 12.1 Å². The number of nitrogens with zero attached hydrogens (tertiary/aromatic N) is 4. The van der Waals surface area contributed by atoms with E-state index in [1.54, 1.807) is 12.5 Å². The highest BCUT2D eigenvalue weighted by atomic mass is 16.2. The molecule has 1 amide bonds. The summed E-state index contributed by atoms with van der Waals surface area (Å²) in [6.07, 6.45) is 3.48. The van der Waals surface area contributed by atoms with Crippen LogP contribution in [-0.2, 0) is 11.3 Å². The number of amides is 1. The molecule has 0 aliphatic heterocycles. The number of carbonyl (C=O) groups excluding carboxylic acids is 1. The highest BCUT2D eigenvalue weighted by Gasteiger charge is 2.16. The van der Waals surface area contributed by atoms with E-state index in [0.717, 1.165) is 16.7 Å². The van der Waals surface area contributed by atoms with Crippen LogP contribution in [0.15, 0.2) is 42.9 Å². The monoisotopic (exact) mass is 297 g/mol. The average molecular weight is 297 g/mol. The first-order valence-electron chi connectivity index (χ1n) is 7.34. The quantitative estimate of drug-likeness (QED) is 0.782. The van der Waals surface area contributed by atoms with Crippen LogP contribution in [0.3, 0.4) is 0 Å². The number of imidazole rings is 1. The van der Waals surface area contributed by atoms with Gasteiger partial charge in [-0.25, -0.2) is 4.98 Å². The van der Waals surface area contributed by atoms with Crippen LogP contribution < -0.4 is 5.32 Å². The van der Waals surface area contributed by atoms with Crippen LogP contribution in [0.4, 0.5) is 0 Å². The van der Waals surface area contributed by atoms with Crippen LogP contribution in [0, 0.1) is 6.92 Å². The van der Waals surface area contributed by atoms with Crippen molar-refractivity contribution in [2.45, 2.75) is 26.4 Å². The number of aryl methyl sites for hydroxylation is 1. The number of para-hydroxylation sites is 2. The molecule has 1 unspecified atom stereocenters. The van der Waals surface area contributed by atoms with Crippen LogP contribution in [0.25, 0.3) is 11.0 Å². The molecule has 6 heteroatoms. The first-order valence-corrected chi connectivity index (χ1v) is 7.34. The second-order valence-electron chi connectivity index (χ2n) is 5.30. The highest BCUT2D eigenvalue weighted by molar-refractivity contribution is 5.83. The Morgan fingerprint density at radius 3 is 2.91 bits per heavy atom. The lowest BCUT2D eigenvalue weighted by Gasteiger charge is -2.15. The molecule has 2 aromatic heterocycles. The van der Waals surface area contributed by atoms with Crippen LogP contribution >= 0.6 is 0 Å². The molecule has 0 bridgehead atoms. The van der Waals surface area contributed by atoms with Gasteiger partial charge >= 0.3 is 0 Å². The number of benzene rings is 1. The summed E-state index contributed by atoms with van der Waals surface area (Å²) in [7, 11) is 0. The van der Waals surface area contributed by atoms with Gasteiger partial charge in [-0.15, -0.1) is 0 Å². The third-order valence-corrected chi connectivity index (χ3v) is 3.83. The van der Waals surface area contributed by atoms with E-state index < -0.39 is 0 Å². The topological polar surface area (TPSA) is 64.7 Å². The predicted molar refractivity (Wildman–Crippen MR) is 84.4 cm³/mol. The van der Waals surface area contributed by atoms with Crippen LogP contribution in [-0.4, -0.2) is 31.8 Å². The lowest BCUT2D eigenvalue weighted by Crippen LogP contribution is -2.33. The standard InChI is InChI=1S/C16H19N5O/c1-12-7-8-19-21(12)10-9-17-16(22)13(2)20-11-18-14-5-3-4-6-15(14)20/h3-8,11,13H,9-10H2,1-2H3,(H,17,22). The molecule has 1 atom stereocenters. The third kappa shape index (κ3) is 2.72. The fourth-order valence-corrected chi connectivity index (χ4v) is 2.48. The maximum atomic E-state index is 12.3. The van der Waals surface area contributed by atoms with E-state index in [9.17, 15) is 4.79 Å². The van der Waals surface area contributed by atoms with Crippen LogP contribution in [0.5, 0.6) is 0 Å². The van der Waals surface area contributed by atoms with Crippen LogP contribution in [0.2, 0.25) is 0 Å². The van der Waals surface area contributed by atoms with Crippen molar-refractivity contribution in [3.05, 3.63) is 48.5 Å². The van der Waals surface area contributed by atoms with Crippen LogP contribution in [0.1, 0.15) is 18.7 Å². The van der Waals surface area contributed by atoms with Gasteiger partial charge in [0.2, 0.25) is 5.91 Å². The molecule has 0 radical (unpaired) electrons. The molecule has 1 aromatic carbocycles. The minimum atomic E-state index is -0.300. The summed E-state index contributed by atoms with van der Waals surface area (Å²) in [6, 6.07) is 9.45. The number of nitrogens with one attached hydrogen (secondary N) is 1. The van der Waals surface area contributed by atoms with Gasteiger partial charge in [0.1, 0.15) is 6.04 Å². The summed E-state index contributed by atoms with van der Waals surface area (Å²) in [4.78, 5) is 16.6. The molecule has 114 valence electrons. The predicted octanol–water partition coefficient (Wildman–Crippen LogP) is 1.92. The molecule has 3 aromatic rings. The Hall–Kier alpha value is -2.63. The first-order chi connectivity index (χ1) is 10.7. The average Bonchev–Trinajstić information content (AvgIpc) is 3.13. The van der Waals surface area contributed by atoms with E-state index in [0.29, 0.717) is 13.1 Å². The minimum absolute atomic E-state index is 0.0204. The molecule has 0 aliphatic carbocycles. The summed E-state index contributed by atoms with van der Waals surface area (Å²) in [5.41, 5.74) is 2.95. The Kier molecular flexibility index (Phi) is 3.91. The van der Waals surface area contributed by atoms with Crippen molar-refractivity contribution < 1.29 is 4.79 Å². The van der Waals surface area contributed by atoms with Crippen molar-refractivity contribution in [2.75, 3.05) is 6.54 Å². The van der Waals surface area contributed by atoms with Crippen molar-refractivity contribution >= 4 is 16.9 Å². The molecule has 3 rings (SSSR count). The smallest absolute Gasteiger partial charge is 0.242 e. The zero-order chi connectivity index (χ0) is 15.5. The lowest BCUT2D eigenvalue weighted by atomic mass is 10.2. The fourth-order valence-electron chi connectivity index (χ4n) is 2.48. The van der Waals surface area contributed by atoms with E-state index in [4.69, 9.17) is 0 Å². The van der Waals surface area contributed by atoms with Gasteiger partial charge in [-0.05, 0) is 32.0 Å². The Morgan fingerprint density at radius 2 is 2.14 bits per heavy atom. The van der Waals surface area contributed by atoms with Gasteiger partial charge in [0.25, 0.3) is 0 Å². The summed E-state index contributed by atoms with van der Waals surface area (Å²) in [5.74, 6) is -0.0204. The molecule has 0 saturated heterocycles. The Morgan fingerprint density at radius 1 is 1.32 bits per heavy atom. The molecular weight excluding hydrogens is 278 g/mol. The molecule has 0 aliphatic rings. The second kappa shape index (κ2) is 6.01.